The van der Waals surface area contributed by atoms with E-state index in [0.29, 0.717) is 17.1 Å². The van der Waals surface area contributed by atoms with Crippen LogP contribution in [0.3, 0.4) is 0 Å². The molecule has 0 aromatic heterocycles. The first kappa shape index (κ1) is 14.7. The highest BCUT2D eigenvalue weighted by atomic mass is 35.5. The summed E-state index contributed by atoms with van der Waals surface area (Å²) in [5, 5.41) is 3.40. The first-order valence-corrected chi connectivity index (χ1v) is 9.07. The van der Waals surface area contributed by atoms with E-state index < -0.39 is 9.84 Å². The zero-order chi connectivity index (χ0) is 13.9. The molecule has 1 aromatic carbocycles. The van der Waals surface area contributed by atoms with Gasteiger partial charge in [0, 0.05) is 16.0 Å². The third kappa shape index (κ3) is 4.71. The Morgan fingerprint density at radius 2 is 2.05 bits per heavy atom. The zero-order valence-electron chi connectivity index (χ0n) is 10.1. The van der Waals surface area contributed by atoms with Gasteiger partial charge in [0.2, 0.25) is 5.91 Å². The lowest BCUT2D eigenvalue weighted by Crippen LogP contribution is -2.17. The number of benzene rings is 1. The van der Waals surface area contributed by atoms with Crippen molar-refractivity contribution < 1.29 is 13.2 Å². The van der Waals surface area contributed by atoms with Gasteiger partial charge in [-0.1, -0.05) is 11.6 Å². The SMILES string of the molecule is O=C(CS[C@H]1CCS(=O)(=O)C1)Nc1ccc(Cl)cc1. The fourth-order valence-corrected chi connectivity index (χ4v) is 5.39. The number of sulfone groups is 1. The topological polar surface area (TPSA) is 63.2 Å². The van der Waals surface area contributed by atoms with Gasteiger partial charge in [-0.15, -0.1) is 11.8 Å². The summed E-state index contributed by atoms with van der Waals surface area (Å²) in [4.78, 5) is 11.7. The molecule has 1 heterocycles. The van der Waals surface area contributed by atoms with Crippen LogP contribution in [0.5, 0.6) is 0 Å². The average molecular weight is 320 g/mol. The molecule has 1 aliphatic rings. The van der Waals surface area contributed by atoms with Gasteiger partial charge in [0.05, 0.1) is 17.3 Å². The van der Waals surface area contributed by atoms with Crippen LogP contribution in [-0.4, -0.2) is 36.8 Å². The molecule has 7 heteroatoms. The number of thioether (sulfide) groups is 1. The molecule has 19 heavy (non-hydrogen) atoms. The quantitative estimate of drug-likeness (QED) is 0.924. The van der Waals surface area contributed by atoms with E-state index in [-0.39, 0.29) is 28.4 Å². The van der Waals surface area contributed by atoms with Gasteiger partial charge in [0.25, 0.3) is 0 Å². The van der Waals surface area contributed by atoms with Crippen molar-refractivity contribution in [2.45, 2.75) is 11.7 Å². The van der Waals surface area contributed by atoms with Crippen molar-refractivity contribution in [1.82, 2.24) is 0 Å². The number of carbonyl (C=O) groups excluding carboxylic acids is 1. The van der Waals surface area contributed by atoms with Gasteiger partial charge >= 0.3 is 0 Å². The minimum atomic E-state index is -2.87. The van der Waals surface area contributed by atoms with Gasteiger partial charge < -0.3 is 5.32 Å². The Balaban J connectivity index is 1.78. The molecular formula is C12H14ClNO3S2. The second-order valence-corrected chi connectivity index (χ2v) is 8.34. The summed E-state index contributed by atoms with van der Waals surface area (Å²) in [6, 6.07) is 6.86. The molecule has 1 fully saturated rings. The number of rotatable bonds is 4. The molecule has 0 aliphatic carbocycles. The Labute approximate surface area is 121 Å². The van der Waals surface area contributed by atoms with Gasteiger partial charge in [0.15, 0.2) is 9.84 Å². The fraction of sp³-hybridized carbons (Fsp3) is 0.417. The second-order valence-electron chi connectivity index (χ2n) is 4.39. The summed E-state index contributed by atoms with van der Waals surface area (Å²) in [7, 11) is -2.87. The fourth-order valence-electron chi connectivity index (χ4n) is 1.82. The second kappa shape index (κ2) is 6.15. The van der Waals surface area contributed by atoms with E-state index in [1.165, 1.54) is 11.8 Å². The lowest BCUT2D eigenvalue weighted by atomic mass is 10.3. The van der Waals surface area contributed by atoms with Crippen LogP contribution in [0.15, 0.2) is 24.3 Å². The van der Waals surface area contributed by atoms with Crippen molar-refractivity contribution in [2.24, 2.45) is 0 Å². The summed E-state index contributed by atoms with van der Waals surface area (Å²) in [5.41, 5.74) is 0.689. The number of nitrogens with one attached hydrogen (secondary N) is 1. The van der Waals surface area contributed by atoms with E-state index in [1.807, 2.05) is 0 Å². The minimum absolute atomic E-state index is 0.0426. The standard InChI is InChI=1S/C12H14ClNO3S2/c13-9-1-3-10(4-2-9)14-12(15)7-18-11-5-6-19(16,17)8-11/h1-4,11H,5-8H2,(H,14,15)/t11-/m0/s1. The van der Waals surface area contributed by atoms with E-state index in [1.54, 1.807) is 24.3 Å². The molecule has 2 rings (SSSR count). The molecule has 1 aliphatic heterocycles. The Morgan fingerprint density at radius 1 is 1.37 bits per heavy atom. The van der Waals surface area contributed by atoms with Crippen LogP contribution in [0.1, 0.15) is 6.42 Å². The van der Waals surface area contributed by atoms with Crippen LogP contribution in [0, 0.1) is 0 Å². The molecule has 0 saturated carbocycles. The largest absolute Gasteiger partial charge is 0.325 e. The summed E-state index contributed by atoms with van der Waals surface area (Å²) >= 11 is 7.15. The van der Waals surface area contributed by atoms with Crippen LogP contribution in [0.2, 0.25) is 5.02 Å². The van der Waals surface area contributed by atoms with E-state index >= 15 is 0 Å². The smallest absolute Gasteiger partial charge is 0.234 e. The summed E-state index contributed by atoms with van der Waals surface area (Å²) in [5.74, 6) is 0.565. The zero-order valence-corrected chi connectivity index (χ0v) is 12.5. The van der Waals surface area contributed by atoms with E-state index in [4.69, 9.17) is 11.6 Å². The van der Waals surface area contributed by atoms with Crippen LogP contribution >= 0.6 is 23.4 Å². The maximum absolute atomic E-state index is 11.7. The van der Waals surface area contributed by atoms with Crippen molar-refractivity contribution in [3.05, 3.63) is 29.3 Å². The lowest BCUT2D eigenvalue weighted by molar-refractivity contribution is -0.113. The third-order valence-corrected chi connectivity index (χ3v) is 6.30. The summed E-state index contributed by atoms with van der Waals surface area (Å²) in [6.07, 6.45) is 0.640. The van der Waals surface area contributed by atoms with Gasteiger partial charge in [-0.3, -0.25) is 4.79 Å². The Bertz CT molecular complexity index is 557. The molecule has 1 saturated heterocycles. The van der Waals surface area contributed by atoms with Crippen molar-refractivity contribution in [3.63, 3.8) is 0 Å². The molecule has 0 unspecified atom stereocenters. The number of carbonyl (C=O) groups is 1. The van der Waals surface area contributed by atoms with Crippen molar-refractivity contribution in [1.29, 1.82) is 0 Å². The molecule has 104 valence electrons. The molecule has 0 spiro atoms. The van der Waals surface area contributed by atoms with Crippen LogP contribution in [-0.2, 0) is 14.6 Å². The molecule has 1 amide bonds. The Kier molecular flexibility index (Phi) is 4.76. The maximum Gasteiger partial charge on any atom is 0.234 e. The maximum atomic E-state index is 11.7. The van der Waals surface area contributed by atoms with Crippen molar-refractivity contribution in [3.8, 4) is 0 Å². The Morgan fingerprint density at radius 3 is 2.63 bits per heavy atom. The van der Waals surface area contributed by atoms with Gasteiger partial charge in [-0.25, -0.2) is 8.42 Å². The summed E-state index contributed by atoms with van der Waals surface area (Å²) < 4.78 is 22.6. The first-order valence-electron chi connectivity index (χ1n) is 5.82. The number of amides is 1. The van der Waals surface area contributed by atoms with Gasteiger partial charge in [-0.05, 0) is 30.7 Å². The summed E-state index contributed by atoms with van der Waals surface area (Å²) in [6.45, 7) is 0. The first-order chi connectivity index (χ1) is 8.94. The molecule has 1 atom stereocenters. The molecule has 4 nitrogen and oxygen atoms in total. The lowest BCUT2D eigenvalue weighted by Gasteiger charge is -2.08. The van der Waals surface area contributed by atoms with Gasteiger partial charge in [-0.2, -0.15) is 0 Å². The average Bonchev–Trinajstić information content (AvgIpc) is 2.69. The molecule has 1 N–H and O–H groups in total. The highest BCUT2D eigenvalue weighted by Crippen LogP contribution is 2.24. The predicted molar refractivity (Wildman–Crippen MR) is 79.6 cm³/mol. The number of anilines is 1. The van der Waals surface area contributed by atoms with Gasteiger partial charge in [0.1, 0.15) is 0 Å². The molecule has 0 radical (unpaired) electrons. The van der Waals surface area contributed by atoms with Crippen LogP contribution in [0.4, 0.5) is 5.69 Å². The monoisotopic (exact) mass is 319 g/mol. The van der Waals surface area contributed by atoms with Crippen molar-refractivity contribution in [2.75, 3.05) is 22.6 Å². The third-order valence-electron chi connectivity index (χ3n) is 2.77. The predicted octanol–water partition coefficient (Wildman–Crippen LogP) is 2.20. The number of hydrogen-bond acceptors (Lipinski definition) is 4. The molecular weight excluding hydrogens is 306 g/mol. The molecule has 1 aromatic rings. The van der Waals surface area contributed by atoms with Crippen LogP contribution in [0.25, 0.3) is 0 Å². The number of halogens is 1. The van der Waals surface area contributed by atoms with E-state index in [9.17, 15) is 13.2 Å². The van der Waals surface area contributed by atoms with E-state index in [0.717, 1.165) is 0 Å². The number of hydrogen-bond donors (Lipinski definition) is 1. The highest BCUT2D eigenvalue weighted by Gasteiger charge is 2.28. The molecule has 0 bridgehead atoms. The highest BCUT2D eigenvalue weighted by molar-refractivity contribution is 8.02. The van der Waals surface area contributed by atoms with Crippen LogP contribution < -0.4 is 5.32 Å². The minimum Gasteiger partial charge on any atom is -0.325 e. The Hall–Kier alpha value is -0.720. The van der Waals surface area contributed by atoms with E-state index in [2.05, 4.69) is 5.32 Å². The normalized spacial score (nSPS) is 21.2. The van der Waals surface area contributed by atoms with Crippen molar-refractivity contribution >= 4 is 44.8 Å².